The monoisotopic (exact) mass is 422 g/mol. The summed E-state index contributed by atoms with van der Waals surface area (Å²) in [5.41, 5.74) is 2.55. The molecule has 2 aromatic heterocycles. The van der Waals surface area contributed by atoms with Crippen molar-refractivity contribution in [3.05, 3.63) is 70.3 Å². The van der Waals surface area contributed by atoms with Crippen LogP contribution in [0.25, 0.3) is 22.4 Å². The molecule has 0 aliphatic rings. The van der Waals surface area contributed by atoms with E-state index in [4.69, 9.17) is 4.42 Å². The van der Waals surface area contributed by atoms with Gasteiger partial charge in [0.05, 0.1) is 16.2 Å². The molecule has 0 radical (unpaired) electrons. The fraction of sp³-hybridized carbons (Fsp3) is 0.273. The minimum absolute atomic E-state index is 0.00248. The van der Waals surface area contributed by atoms with Gasteiger partial charge in [-0.15, -0.1) is 10.2 Å². The highest BCUT2D eigenvalue weighted by atomic mass is 32.2. The highest BCUT2D eigenvalue weighted by molar-refractivity contribution is 7.99. The normalized spacial score (nSPS) is 12.4. The molecule has 1 N–H and O–H groups in total. The van der Waals surface area contributed by atoms with Gasteiger partial charge in [0.1, 0.15) is 0 Å². The lowest BCUT2D eigenvalue weighted by molar-refractivity contribution is 0.276. The van der Waals surface area contributed by atoms with E-state index in [1.807, 2.05) is 56.3 Å². The average molecular weight is 423 g/mol. The number of benzene rings is 2. The lowest BCUT2D eigenvalue weighted by atomic mass is 10.1. The van der Waals surface area contributed by atoms with E-state index in [1.54, 1.807) is 10.6 Å². The van der Waals surface area contributed by atoms with E-state index >= 15 is 0 Å². The Bertz CT molecular complexity index is 1220. The molecule has 0 spiro atoms. The molecule has 0 aliphatic heterocycles. The lowest BCUT2D eigenvalue weighted by Crippen LogP contribution is -2.24. The summed E-state index contributed by atoms with van der Waals surface area (Å²) in [7, 11) is 0. The van der Waals surface area contributed by atoms with Crippen molar-refractivity contribution in [2.75, 3.05) is 6.61 Å². The zero-order valence-corrected chi connectivity index (χ0v) is 17.6. The van der Waals surface area contributed by atoms with Gasteiger partial charge in [0.15, 0.2) is 5.16 Å². The predicted octanol–water partition coefficient (Wildman–Crippen LogP) is 3.99. The zero-order valence-electron chi connectivity index (χ0n) is 16.8. The molecule has 0 saturated carbocycles. The van der Waals surface area contributed by atoms with E-state index in [0.717, 1.165) is 11.1 Å². The number of rotatable bonds is 7. The molecule has 30 heavy (non-hydrogen) atoms. The summed E-state index contributed by atoms with van der Waals surface area (Å²) in [5.74, 6) is 0.924. The van der Waals surface area contributed by atoms with Crippen LogP contribution in [0.15, 0.2) is 62.9 Å². The Morgan fingerprint density at radius 1 is 1.13 bits per heavy atom. The van der Waals surface area contributed by atoms with Gasteiger partial charge in [0.2, 0.25) is 11.8 Å². The van der Waals surface area contributed by atoms with Gasteiger partial charge in [-0.2, -0.15) is 0 Å². The van der Waals surface area contributed by atoms with E-state index < -0.39 is 0 Å². The Hall–Kier alpha value is -2.97. The van der Waals surface area contributed by atoms with E-state index in [-0.39, 0.29) is 17.4 Å². The number of nitrogens with zero attached hydrogens (tertiary/aromatic N) is 4. The maximum Gasteiger partial charge on any atom is 0.262 e. The maximum absolute atomic E-state index is 13.0. The number of hydrogen-bond acceptors (Lipinski definition) is 7. The molecule has 0 amide bonds. The molecular weight excluding hydrogens is 400 g/mol. The Balaban J connectivity index is 1.65. The number of aliphatic hydroxyl groups is 1. The van der Waals surface area contributed by atoms with Crippen LogP contribution in [0, 0.1) is 6.92 Å². The molecule has 154 valence electrons. The first-order chi connectivity index (χ1) is 14.6. The van der Waals surface area contributed by atoms with Gasteiger partial charge in [-0.3, -0.25) is 9.36 Å². The molecule has 2 heterocycles. The number of para-hydroxylation sites is 1. The van der Waals surface area contributed by atoms with Gasteiger partial charge in [-0.05, 0) is 44.5 Å². The molecular formula is C22H22N4O3S. The lowest BCUT2D eigenvalue weighted by Gasteiger charge is -2.14. The highest BCUT2D eigenvalue weighted by Gasteiger charge is 2.20. The van der Waals surface area contributed by atoms with Crippen LogP contribution in [-0.4, -0.2) is 31.5 Å². The summed E-state index contributed by atoms with van der Waals surface area (Å²) in [4.78, 5) is 17.6. The standard InChI is InChI=1S/C22H22N4O3S/c1-14-8-10-16(11-9-14)20-25-24-19(29-20)15(2)30-22-23-18-7-4-3-6-17(18)21(28)26(22)12-5-13-27/h3-4,6-11,15,27H,5,12-13H2,1-2H3. The summed E-state index contributed by atoms with van der Waals surface area (Å²) >= 11 is 1.39. The molecule has 8 heteroatoms. The number of aliphatic hydroxyl groups excluding tert-OH is 1. The molecule has 0 fully saturated rings. The number of fused-ring (bicyclic) bond motifs is 1. The van der Waals surface area contributed by atoms with Crippen molar-refractivity contribution in [3.63, 3.8) is 0 Å². The minimum Gasteiger partial charge on any atom is -0.419 e. The molecule has 2 aromatic carbocycles. The van der Waals surface area contributed by atoms with Gasteiger partial charge < -0.3 is 9.52 Å². The van der Waals surface area contributed by atoms with Gasteiger partial charge in [-0.25, -0.2) is 4.98 Å². The van der Waals surface area contributed by atoms with Gasteiger partial charge in [-0.1, -0.05) is 41.6 Å². The number of thioether (sulfide) groups is 1. The van der Waals surface area contributed by atoms with Crippen LogP contribution in [-0.2, 0) is 6.54 Å². The van der Waals surface area contributed by atoms with Crippen LogP contribution in [0.1, 0.15) is 30.0 Å². The highest BCUT2D eigenvalue weighted by Crippen LogP contribution is 2.34. The average Bonchev–Trinajstić information content (AvgIpc) is 3.24. The Labute approximate surface area is 177 Å². The first kappa shape index (κ1) is 20.3. The molecule has 4 aromatic rings. The minimum atomic E-state index is -0.204. The fourth-order valence-corrected chi connectivity index (χ4v) is 4.05. The topological polar surface area (TPSA) is 94.0 Å². The van der Waals surface area contributed by atoms with Crippen molar-refractivity contribution in [1.29, 1.82) is 0 Å². The van der Waals surface area contributed by atoms with Gasteiger partial charge in [0, 0.05) is 18.7 Å². The third kappa shape index (κ3) is 4.15. The SMILES string of the molecule is Cc1ccc(-c2nnc(C(C)Sc3nc4ccccc4c(=O)n3CCCO)o2)cc1. The van der Waals surface area contributed by atoms with E-state index in [1.165, 1.54) is 11.8 Å². The Kier molecular flexibility index (Phi) is 5.96. The zero-order chi connectivity index (χ0) is 21.1. The summed E-state index contributed by atoms with van der Waals surface area (Å²) in [6.45, 7) is 4.35. The van der Waals surface area contributed by atoms with Crippen LogP contribution in [0.4, 0.5) is 0 Å². The van der Waals surface area contributed by atoms with Crippen LogP contribution < -0.4 is 5.56 Å². The van der Waals surface area contributed by atoms with E-state index in [2.05, 4.69) is 15.2 Å². The second kappa shape index (κ2) is 8.81. The second-order valence-electron chi connectivity index (χ2n) is 7.02. The van der Waals surface area contributed by atoms with Crippen LogP contribution in [0.3, 0.4) is 0 Å². The van der Waals surface area contributed by atoms with Crippen molar-refractivity contribution in [2.45, 2.75) is 37.2 Å². The maximum atomic E-state index is 13.0. The van der Waals surface area contributed by atoms with E-state index in [0.29, 0.717) is 40.8 Å². The van der Waals surface area contributed by atoms with Crippen LogP contribution >= 0.6 is 11.8 Å². The molecule has 0 bridgehead atoms. The van der Waals surface area contributed by atoms with Crippen LogP contribution in [0.2, 0.25) is 0 Å². The Morgan fingerprint density at radius 3 is 2.67 bits per heavy atom. The summed E-state index contributed by atoms with van der Waals surface area (Å²) in [5, 5.41) is 18.5. The van der Waals surface area contributed by atoms with Crippen molar-refractivity contribution >= 4 is 22.7 Å². The first-order valence-corrected chi connectivity index (χ1v) is 10.6. The van der Waals surface area contributed by atoms with Crippen LogP contribution in [0.5, 0.6) is 0 Å². The number of aryl methyl sites for hydroxylation is 1. The third-order valence-electron chi connectivity index (χ3n) is 4.74. The Morgan fingerprint density at radius 2 is 1.90 bits per heavy atom. The smallest absolute Gasteiger partial charge is 0.262 e. The number of aromatic nitrogens is 4. The molecule has 4 rings (SSSR count). The summed E-state index contributed by atoms with van der Waals surface area (Å²) in [6.07, 6.45) is 0.472. The van der Waals surface area contributed by atoms with Crippen molar-refractivity contribution in [2.24, 2.45) is 0 Å². The van der Waals surface area contributed by atoms with Gasteiger partial charge >= 0.3 is 0 Å². The summed E-state index contributed by atoms with van der Waals surface area (Å²) < 4.78 is 7.49. The van der Waals surface area contributed by atoms with Crippen molar-refractivity contribution < 1.29 is 9.52 Å². The number of hydrogen-bond donors (Lipinski definition) is 1. The first-order valence-electron chi connectivity index (χ1n) is 9.74. The largest absolute Gasteiger partial charge is 0.419 e. The van der Waals surface area contributed by atoms with Crippen molar-refractivity contribution in [1.82, 2.24) is 19.7 Å². The molecule has 1 atom stereocenters. The quantitative estimate of drug-likeness (QED) is 0.355. The summed E-state index contributed by atoms with van der Waals surface area (Å²) in [6, 6.07) is 15.2. The van der Waals surface area contributed by atoms with Crippen molar-refractivity contribution in [3.8, 4) is 11.5 Å². The molecule has 1 unspecified atom stereocenters. The molecule has 7 nitrogen and oxygen atoms in total. The van der Waals surface area contributed by atoms with E-state index in [9.17, 15) is 9.90 Å². The second-order valence-corrected chi connectivity index (χ2v) is 8.32. The molecule has 0 aliphatic carbocycles. The third-order valence-corrected chi connectivity index (χ3v) is 5.81. The molecule has 0 saturated heterocycles. The van der Waals surface area contributed by atoms with Gasteiger partial charge in [0.25, 0.3) is 5.56 Å². The fourth-order valence-electron chi connectivity index (χ4n) is 3.08. The predicted molar refractivity (Wildman–Crippen MR) is 116 cm³/mol.